The molecule has 1 unspecified atom stereocenters. The Morgan fingerprint density at radius 1 is 1.58 bits per heavy atom. The molecule has 0 saturated carbocycles. The summed E-state index contributed by atoms with van der Waals surface area (Å²) in [6.07, 6.45) is 5.92. The lowest BCUT2D eigenvalue weighted by molar-refractivity contribution is -0.0329. The topological polar surface area (TPSA) is 9.23 Å². The highest BCUT2D eigenvalue weighted by molar-refractivity contribution is 5.03. The van der Waals surface area contributed by atoms with Crippen molar-refractivity contribution >= 4 is 0 Å². The molecule has 0 fully saturated rings. The average molecular weight is 166 g/mol. The molecule has 0 aliphatic carbocycles. The normalized spacial score (nSPS) is 13.6. The first-order valence-corrected chi connectivity index (χ1v) is 4.13. The van der Waals surface area contributed by atoms with E-state index in [-0.39, 0.29) is 11.7 Å². The molecule has 1 heteroatoms. The summed E-state index contributed by atoms with van der Waals surface area (Å²) in [5, 5.41) is 0. The van der Waals surface area contributed by atoms with Crippen molar-refractivity contribution in [1.82, 2.24) is 0 Å². The molecule has 0 aliphatic rings. The van der Waals surface area contributed by atoms with Crippen LogP contribution in [0.3, 0.4) is 0 Å². The molecule has 0 radical (unpaired) electrons. The van der Waals surface area contributed by atoms with Gasteiger partial charge in [-0.15, -0.1) is 13.0 Å². The molecule has 0 aromatic rings. The standard InChI is InChI=1S/C11H18O/c1-7-10(8-9(2)3)12-11(4,5)6/h1,10H,2,8H2,3-6H3. The van der Waals surface area contributed by atoms with Gasteiger partial charge in [0, 0.05) is 6.42 Å². The molecule has 0 heterocycles. The molecule has 12 heavy (non-hydrogen) atoms. The lowest BCUT2D eigenvalue weighted by Gasteiger charge is -2.24. The molecule has 0 amide bonds. The van der Waals surface area contributed by atoms with Crippen LogP contribution in [0, 0.1) is 12.3 Å². The van der Waals surface area contributed by atoms with E-state index in [4.69, 9.17) is 11.2 Å². The average Bonchev–Trinajstić information content (AvgIpc) is 1.82. The van der Waals surface area contributed by atoms with Crippen molar-refractivity contribution in [3.8, 4) is 12.3 Å². The van der Waals surface area contributed by atoms with E-state index in [0.29, 0.717) is 0 Å². The number of ether oxygens (including phenoxy) is 1. The molecule has 0 saturated heterocycles. The summed E-state index contributed by atoms with van der Waals surface area (Å²) in [7, 11) is 0. The Balaban J connectivity index is 4.03. The summed E-state index contributed by atoms with van der Waals surface area (Å²) in [6, 6.07) is 0. The zero-order valence-corrected chi connectivity index (χ0v) is 8.48. The third-order valence-electron chi connectivity index (χ3n) is 1.22. The summed E-state index contributed by atoms with van der Waals surface area (Å²) in [5.41, 5.74) is 0.883. The van der Waals surface area contributed by atoms with Gasteiger partial charge in [-0.3, -0.25) is 0 Å². The predicted octanol–water partition coefficient (Wildman–Crippen LogP) is 2.77. The number of hydrogen-bond donors (Lipinski definition) is 0. The fourth-order valence-electron chi connectivity index (χ4n) is 0.878. The summed E-state index contributed by atoms with van der Waals surface area (Å²) in [6.45, 7) is 11.7. The van der Waals surface area contributed by atoms with Crippen LogP contribution in [0.4, 0.5) is 0 Å². The van der Waals surface area contributed by atoms with Gasteiger partial charge in [0.1, 0.15) is 6.10 Å². The SMILES string of the molecule is C#CC(CC(=C)C)OC(C)(C)C. The first-order valence-electron chi connectivity index (χ1n) is 4.13. The van der Waals surface area contributed by atoms with Crippen LogP contribution >= 0.6 is 0 Å². The summed E-state index contributed by atoms with van der Waals surface area (Å²) < 4.78 is 5.60. The summed E-state index contributed by atoms with van der Waals surface area (Å²) in [4.78, 5) is 0. The monoisotopic (exact) mass is 166 g/mol. The van der Waals surface area contributed by atoms with Gasteiger partial charge in [0.05, 0.1) is 5.60 Å². The Morgan fingerprint density at radius 3 is 2.33 bits per heavy atom. The van der Waals surface area contributed by atoms with Gasteiger partial charge in [0.15, 0.2) is 0 Å². The molecule has 0 aromatic carbocycles. The summed E-state index contributed by atoms with van der Waals surface area (Å²) >= 11 is 0. The van der Waals surface area contributed by atoms with Crippen LogP contribution in [0.1, 0.15) is 34.1 Å². The molecule has 68 valence electrons. The lowest BCUT2D eigenvalue weighted by Crippen LogP contribution is -2.26. The van der Waals surface area contributed by atoms with E-state index in [1.54, 1.807) is 0 Å². The molecule has 0 N–H and O–H groups in total. The van der Waals surface area contributed by atoms with Crippen molar-refractivity contribution in [3.63, 3.8) is 0 Å². The summed E-state index contributed by atoms with van der Waals surface area (Å²) in [5.74, 6) is 2.61. The molecule has 0 aromatic heterocycles. The van der Waals surface area contributed by atoms with Crippen LogP contribution in [-0.2, 0) is 4.74 Å². The van der Waals surface area contributed by atoms with E-state index in [1.165, 1.54) is 0 Å². The van der Waals surface area contributed by atoms with Gasteiger partial charge in [-0.2, -0.15) is 0 Å². The minimum atomic E-state index is -0.174. The second-order valence-electron chi connectivity index (χ2n) is 4.05. The number of terminal acetylenes is 1. The van der Waals surface area contributed by atoms with Crippen LogP contribution in [0.2, 0.25) is 0 Å². The molecule has 0 rings (SSSR count). The fraction of sp³-hybridized carbons (Fsp3) is 0.636. The second-order valence-corrected chi connectivity index (χ2v) is 4.05. The third-order valence-corrected chi connectivity index (χ3v) is 1.22. The molecule has 0 aliphatic heterocycles. The predicted molar refractivity (Wildman–Crippen MR) is 52.9 cm³/mol. The smallest absolute Gasteiger partial charge is 0.122 e. The minimum Gasteiger partial charge on any atom is -0.360 e. The number of rotatable bonds is 3. The van der Waals surface area contributed by atoms with E-state index in [9.17, 15) is 0 Å². The zero-order valence-electron chi connectivity index (χ0n) is 8.48. The quantitative estimate of drug-likeness (QED) is 0.462. The molecule has 0 spiro atoms. The van der Waals surface area contributed by atoms with Gasteiger partial charge in [0.2, 0.25) is 0 Å². The highest BCUT2D eigenvalue weighted by Gasteiger charge is 2.16. The van der Waals surface area contributed by atoms with E-state index in [2.05, 4.69) is 12.5 Å². The fourth-order valence-corrected chi connectivity index (χ4v) is 0.878. The van der Waals surface area contributed by atoms with Gasteiger partial charge >= 0.3 is 0 Å². The van der Waals surface area contributed by atoms with Crippen molar-refractivity contribution in [3.05, 3.63) is 12.2 Å². The zero-order chi connectivity index (χ0) is 9.78. The Labute approximate surface area is 75.8 Å². The van der Waals surface area contributed by atoms with Crippen LogP contribution in [0.5, 0.6) is 0 Å². The molecular weight excluding hydrogens is 148 g/mol. The Hall–Kier alpha value is -0.740. The van der Waals surface area contributed by atoms with E-state index in [1.807, 2.05) is 27.7 Å². The lowest BCUT2D eigenvalue weighted by atomic mass is 10.1. The van der Waals surface area contributed by atoms with Gasteiger partial charge in [0.25, 0.3) is 0 Å². The molecule has 1 nitrogen and oxygen atoms in total. The third kappa shape index (κ3) is 6.00. The van der Waals surface area contributed by atoms with Crippen molar-refractivity contribution in [2.45, 2.75) is 45.8 Å². The van der Waals surface area contributed by atoms with Crippen LogP contribution in [0.25, 0.3) is 0 Å². The maximum atomic E-state index is 5.60. The van der Waals surface area contributed by atoms with Crippen LogP contribution < -0.4 is 0 Å². The Bertz CT molecular complexity index is 190. The molecular formula is C11H18O. The number of hydrogen-bond acceptors (Lipinski definition) is 1. The van der Waals surface area contributed by atoms with Crippen LogP contribution in [-0.4, -0.2) is 11.7 Å². The minimum absolute atomic E-state index is 0.137. The Morgan fingerprint density at radius 2 is 2.08 bits per heavy atom. The van der Waals surface area contributed by atoms with Gasteiger partial charge < -0.3 is 4.74 Å². The van der Waals surface area contributed by atoms with Gasteiger partial charge in [-0.25, -0.2) is 0 Å². The molecule has 0 bridgehead atoms. The van der Waals surface area contributed by atoms with Gasteiger partial charge in [-0.1, -0.05) is 11.5 Å². The van der Waals surface area contributed by atoms with Crippen molar-refractivity contribution < 1.29 is 4.74 Å². The first-order chi connectivity index (χ1) is 5.35. The largest absolute Gasteiger partial charge is 0.360 e. The van der Waals surface area contributed by atoms with Crippen molar-refractivity contribution in [2.24, 2.45) is 0 Å². The van der Waals surface area contributed by atoms with Crippen LogP contribution in [0.15, 0.2) is 12.2 Å². The van der Waals surface area contributed by atoms with Crippen molar-refractivity contribution in [1.29, 1.82) is 0 Å². The second kappa shape index (κ2) is 4.33. The maximum absolute atomic E-state index is 5.60. The van der Waals surface area contributed by atoms with Crippen molar-refractivity contribution in [2.75, 3.05) is 0 Å². The molecule has 1 atom stereocenters. The highest BCUT2D eigenvalue weighted by Crippen LogP contribution is 2.14. The highest BCUT2D eigenvalue weighted by atomic mass is 16.5. The van der Waals surface area contributed by atoms with E-state index >= 15 is 0 Å². The van der Waals surface area contributed by atoms with E-state index < -0.39 is 0 Å². The van der Waals surface area contributed by atoms with Gasteiger partial charge in [-0.05, 0) is 27.7 Å². The Kier molecular flexibility index (Phi) is 4.06. The van der Waals surface area contributed by atoms with E-state index in [0.717, 1.165) is 12.0 Å². The first kappa shape index (κ1) is 11.3. The maximum Gasteiger partial charge on any atom is 0.122 e.